The first kappa shape index (κ1) is 12.3. The fourth-order valence-electron chi connectivity index (χ4n) is 1.45. The number of aliphatic carboxylic acids is 1. The fraction of sp³-hybridized carbons (Fsp3) is 0.231. The van der Waals surface area contributed by atoms with Crippen molar-refractivity contribution in [2.45, 2.75) is 19.6 Å². The third-order valence-corrected chi connectivity index (χ3v) is 2.50. The summed E-state index contributed by atoms with van der Waals surface area (Å²) in [6.45, 7) is 1.74. The molecule has 1 unspecified atom stereocenters. The molecule has 0 fully saturated rings. The molecule has 0 saturated heterocycles. The molecule has 0 aliphatic carbocycles. The van der Waals surface area contributed by atoms with Crippen molar-refractivity contribution in [2.75, 3.05) is 0 Å². The van der Waals surface area contributed by atoms with Crippen molar-refractivity contribution in [2.24, 2.45) is 0 Å². The zero-order chi connectivity index (χ0) is 13.0. The molecule has 1 atom stereocenters. The molecule has 0 spiro atoms. The number of ether oxygens (including phenoxy) is 1. The molecule has 2 rings (SSSR count). The molecule has 1 aromatic carbocycles. The Morgan fingerprint density at radius 1 is 1.44 bits per heavy atom. The van der Waals surface area contributed by atoms with Crippen LogP contribution >= 0.6 is 0 Å². The van der Waals surface area contributed by atoms with E-state index in [-0.39, 0.29) is 6.61 Å². The summed E-state index contributed by atoms with van der Waals surface area (Å²) < 4.78 is 6.91. The van der Waals surface area contributed by atoms with Gasteiger partial charge >= 0.3 is 5.97 Å². The molecule has 0 amide bonds. The van der Waals surface area contributed by atoms with Gasteiger partial charge in [0.15, 0.2) is 6.10 Å². The van der Waals surface area contributed by atoms with Gasteiger partial charge in [-0.25, -0.2) is 9.48 Å². The third kappa shape index (κ3) is 2.95. The largest absolute Gasteiger partial charge is 0.479 e. The van der Waals surface area contributed by atoms with E-state index in [9.17, 15) is 4.79 Å². The highest BCUT2D eigenvalue weighted by Gasteiger charge is 2.11. The first-order chi connectivity index (χ1) is 8.66. The van der Waals surface area contributed by atoms with E-state index < -0.39 is 12.1 Å². The van der Waals surface area contributed by atoms with E-state index in [1.54, 1.807) is 10.9 Å². The lowest BCUT2D eigenvalue weighted by Gasteiger charge is -2.06. The molecule has 94 valence electrons. The van der Waals surface area contributed by atoms with E-state index in [1.807, 2.05) is 36.5 Å². The number of carboxylic acid groups (broad SMARTS) is 1. The van der Waals surface area contributed by atoms with Gasteiger partial charge in [-0.15, -0.1) is 0 Å². The highest BCUT2D eigenvalue weighted by atomic mass is 16.5. The Morgan fingerprint density at radius 2 is 2.17 bits per heavy atom. The van der Waals surface area contributed by atoms with E-state index in [1.165, 1.54) is 6.92 Å². The van der Waals surface area contributed by atoms with Crippen LogP contribution in [-0.2, 0) is 16.1 Å². The van der Waals surface area contributed by atoms with Gasteiger partial charge < -0.3 is 9.84 Å². The predicted molar refractivity (Wildman–Crippen MR) is 65.5 cm³/mol. The highest BCUT2D eigenvalue weighted by molar-refractivity contribution is 5.71. The van der Waals surface area contributed by atoms with E-state index in [0.29, 0.717) is 0 Å². The number of carboxylic acids is 1. The van der Waals surface area contributed by atoms with Gasteiger partial charge in [-0.2, -0.15) is 5.10 Å². The molecule has 0 aliphatic rings. The molecule has 1 N–H and O–H groups in total. The summed E-state index contributed by atoms with van der Waals surface area (Å²) in [7, 11) is 0. The topological polar surface area (TPSA) is 64.4 Å². The number of nitrogens with zero attached hydrogens (tertiary/aromatic N) is 2. The van der Waals surface area contributed by atoms with Gasteiger partial charge in [0.2, 0.25) is 0 Å². The molecule has 2 aromatic rings. The van der Waals surface area contributed by atoms with Gasteiger partial charge in [0.1, 0.15) is 0 Å². The zero-order valence-corrected chi connectivity index (χ0v) is 9.98. The molecule has 18 heavy (non-hydrogen) atoms. The Bertz CT molecular complexity index is 522. The van der Waals surface area contributed by atoms with Gasteiger partial charge in [0.05, 0.1) is 18.5 Å². The monoisotopic (exact) mass is 246 g/mol. The normalized spacial score (nSPS) is 12.3. The second-order valence-corrected chi connectivity index (χ2v) is 3.92. The Morgan fingerprint density at radius 3 is 2.83 bits per heavy atom. The summed E-state index contributed by atoms with van der Waals surface area (Å²) in [5, 5.41) is 12.9. The van der Waals surface area contributed by atoms with Gasteiger partial charge in [-0.1, -0.05) is 18.2 Å². The maximum Gasteiger partial charge on any atom is 0.332 e. The third-order valence-electron chi connectivity index (χ3n) is 2.50. The maximum atomic E-state index is 10.6. The molecule has 0 aliphatic heterocycles. The summed E-state index contributed by atoms with van der Waals surface area (Å²) in [6.07, 6.45) is 2.68. The summed E-state index contributed by atoms with van der Waals surface area (Å²) in [6, 6.07) is 9.68. The molecular formula is C13H14N2O3. The zero-order valence-electron chi connectivity index (χ0n) is 9.98. The number of rotatable bonds is 5. The summed E-state index contributed by atoms with van der Waals surface area (Å²) in [5.41, 5.74) is 1.79. The lowest BCUT2D eigenvalue weighted by molar-refractivity contribution is -0.149. The van der Waals surface area contributed by atoms with E-state index in [4.69, 9.17) is 9.84 Å². The number of hydrogen-bond acceptors (Lipinski definition) is 3. The van der Waals surface area contributed by atoms with Crippen LogP contribution in [0.5, 0.6) is 0 Å². The molecule has 5 nitrogen and oxygen atoms in total. The fourth-order valence-corrected chi connectivity index (χ4v) is 1.45. The lowest BCUT2D eigenvalue weighted by atomic mass is 10.3. The van der Waals surface area contributed by atoms with Crippen molar-refractivity contribution < 1.29 is 14.6 Å². The van der Waals surface area contributed by atoms with Crippen molar-refractivity contribution in [3.05, 3.63) is 48.3 Å². The van der Waals surface area contributed by atoms with Gasteiger partial charge in [-0.3, -0.25) is 0 Å². The Kier molecular flexibility index (Phi) is 3.74. The Balaban J connectivity index is 2.01. The molecule has 0 saturated carbocycles. The number of hydrogen-bond donors (Lipinski definition) is 1. The molecule has 1 aromatic heterocycles. The quantitative estimate of drug-likeness (QED) is 0.874. The second kappa shape index (κ2) is 5.46. The predicted octanol–water partition coefficient (Wildman–Crippen LogP) is 1.86. The van der Waals surface area contributed by atoms with Gasteiger partial charge in [0, 0.05) is 11.8 Å². The Hall–Kier alpha value is -2.14. The maximum absolute atomic E-state index is 10.6. The van der Waals surface area contributed by atoms with E-state index in [2.05, 4.69) is 5.10 Å². The van der Waals surface area contributed by atoms with Crippen LogP contribution in [0.3, 0.4) is 0 Å². The van der Waals surface area contributed by atoms with Crippen molar-refractivity contribution in [3.8, 4) is 5.69 Å². The molecule has 0 bridgehead atoms. The number of aromatic nitrogens is 2. The van der Waals surface area contributed by atoms with Crippen molar-refractivity contribution >= 4 is 5.97 Å². The van der Waals surface area contributed by atoms with Crippen LogP contribution in [0.4, 0.5) is 0 Å². The molecule has 5 heteroatoms. The van der Waals surface area contributed by atoms with E-state index in [0.717, 1.165) is 11.3 Å². The number of carbonyl (C=O) groups is 1. The lowest BCUT2D eigenvalue weighted by Crippen LogP contribution is -2.19. The number of para-hydroxylation sites is 1. The highest BCUT2D eigenvalue weighted by Crippen LogP contribution is 2.09. The van der Waals surface area contributed by atoms with Crippen LogP contribution in [0.2, 0.25) is 0 Å². The van der Waals surface area contributed by atoms with Crippen LogP contribution in [-0.4, -0.2) is 27.0 Å². The molecule has 0 radical (unpaired) electrons. The smallest absolute Gasteiger partial charge is 0.332 e. The minimum absolute atomic E-state index is 0.236. The van der Waals surface area contributed by atoms with Gasteiger partial charge in [0.25, 0.3) is 0 Å². The SMILES string of the molecule is CC(OCc1cnn(-c2ccccc2)c1)C(=O)O. The average molecular weight is 246 g/mol. The van der Waals surface area contributed by atoms with Crippen molar-refractivity contribution in [1.82, 2.24) is 9.78 Å². The second-order valence-electron chi connectivity index (χ2n) is 3.92. The first-order valence-corrected chi connectivity index (χ1v) is 5.60. The van der Waals surface area contributed by atoms with Crippen LogP contribution in [0.15, 0.2) is 42.7 Å². The van der Waals surface area contributed by atoms with Crippen LogP contribution < -0.4 is 0 Å². The van der Waals surface area contributed by atoms with Crippen molar-refractivity contribution in [1.29, 1.82) is 0 Å². The summed E-state index contributed by atoms with van der Waals surface area (Å²) in [5.74, 6) is -0.967. The van der Waals surface area contributed by atoms with Crippen LogP contribution in [0.1, 0.15) is 12.5 Å². The average Bonchev–Trinajstić information content (AvgIpc) is 2.85. The van der Waals surface area contributed by atoms with Crippen LogP contribution in [0.25, 0.3) is 5.69 Å². The van der Waals surface area contributed by atoms with Crippen LogP contribution in [0, 0.1) is 0 Å². The summed E-state index contributed by atoms with van der Waals surface area (Å²) in [4.78, 5) is 10.6. The van der Waals surface area contributed by atoms with E-state index >= 15 is 0 Å². The minimum Gasteiger partial charge on any atom is -0.479 e. The van der Waals surface area contributed by atoms with Crippen molar-refractivity contribution in [3.63, 3.8) is 0 Å². The molecule has 1 heterocycles. The minimum atomic E-state index is -0.967. The molecular weight excluding hydrogens is 232 g/mol. The van der Waals surface area contributed by atoms with Gasteiger partial charge in [-0.05, 0) is 19.1 Å². The Labute approximate surface area is 105 Å². The first-order valence-electron chi connectivity index (χ1n) is 5.60. The summed E-state index contributed by atoms with van der Waals surface area (Å²) >= 11 is 0. The standard InChI is InChI=1S/C13H14N2O3/c1-10(13(16)17)18-9-11-7-14-15(8-11)12-5-3-2-4-6-12/h2-8,10H,9H2,1H3,(H,16,17). The number of benzene rings is 1.